The van der Waals surface area contributed by atoms with E-state index in [1.165, 1.54) is 0 Å². The van der Waals surface area contributed by atoms with Crippen molar-refractivity contribution in [1.29, 1.82) is 0 Å². The maximum Gasteiger partial charge on any atom is 0.251 e. The Balaban J connectivity index is 1.61. The van der Waals surface area contributed by atoms with Gasteiger partial charge in [-0.3, -0.25) is 14.4 Å². The van der Waals surface area contributed by atoms with Crippen molar-refractivity contribution in [3.63, 3.8) is 0 Å². The summed E-state index contributed by atoms with van der Waals surface area (Å²) in [7, 11) is 0. The van der Waals surface area contributed by atoms with E-state index in [4.69, 9.17) is 11.6 Å². The van der Waals surface area contributed by atoms with Gasteiger partial charge < -0.3 is 19.8 Å². The first-order valence-electron chi connectivity index (χ1n) is 15.0. The van der Waals surface area contributed by atoms with Crippen molar-refractivity contribution in [2.24, 2.45) is 11.8 Å². The van der Waals surface area contributed by atoms with Crippen molar-refractivity contribution >= 4 is 62.7 Å². The average Bonchev–Trinajstić information content (AvgIpc) is 3.60. The first-order valence-corrected chi connectivity index (χ1v) is 17.2. The summed E-state index contributed by atoms with van der Waals surface area (Å²) in [6.07, 6.45) is 4.36. The number of anilines is 1. The Hall–Kier alpha value is -2.59. The number of hydrogen-bond acceptors (Lipinski definition) is 5. The van der Waals surface area contributed by atoms with Crippen LogP contribution in [-0.2, 0) is 20.9 Å². The zero-order chi connectivity index (χ0) is 31.8. The van der Waals surface area contributed by atoms with Crippen molar-refractivity contribution in [1.82, 2.24) is 9.80 Å². The van der Waals surface area contributed by atoms with Crippen molar-refractivity contribution in [3.8, 4) is 0 Å². The number of hydrogen-bond donors (Lipinski definition) is 1. The summed E-state index contributed by atoms with van der Waals surface area (Å²) in [6, 6.07) is 13.8. The zero-order valence-electron chi connectivity index (χ0n) is 25.1. The van der Waals surface area contributed by atoms with Crippen LogP contribution < -0.4 is 4.90 Å². The number of carbonyl (C=O) groups excluding carboxylic acids is 3. The lowest BCUT2D eigenvalue weighted by Gasteiger charge is -2.40. The van der Waals surface area contributed by atoms with Crippen LogP contribution >= 0.6 is 39.3 Å². The van der Waals surface area contributed by atoms with E-state index >= 15 is 0 Å². The Labute approximate surface area is 277 Å². The number of aliphatic hydroxyl groups excluding tert-OH is 1. The van der Waals surface area contributed by atoms with Gasteiger partial charge in [0, 0.05) is 29.7 Å². The molecule has 0 aliphatic carbocycles. The second kappa shape index (κ2) is 13.4. The van der Waals surface area contributed by atoms with Crippen LogP contribution in [0.1, 0.15) is 30.9 Å². The number of amides is 3. The average molecular weight is 701 g/mol. The minimum absolute atomic E-state index is 0.0767. The molecule has 2 bridgehead atoms. The Morgan fingerprint density at radius 1 is 1.16 bits per heavy atom. The largest absolute Gasteiger partial charge is 0.394 e. The van der Waals surface area contributed by atoms with Crippen LogP contribution in [0, 0.1) is 18.8 Å². The molecule has 3 aliphatic heterocycles. The molecule has 3 amide bonds. The fourth-order valence-electron chi connectivity index (χ4n) is 7.37. The van der Waals surface area contributed by atoms with Gasteiger partial charge in [-0.15, -0.1) is 24.9 Å². The Kier molecular flexibility index (Phi) is 10.00. The molecule has 0 aromatic heterocycles. The number of carbonyl (C=O) groups is 3. The fraction of sp³-hybridized carbons (Fsp3) is 0.441. The molecule has 234 valence electrons. The molecular weight excluding hydrogens is 662 g/mol. The zero-order valence-corrected chi connectivity index (χ0v) is 28.2. The number of benzene rings is 2. The van der Waals surface area contributed by atoms with Gasteiger partial charge in [0.05, 0.1) is 39.9 Å². The highest BCUT2D eigenvalue weighted by molar-refractivity contribution is 9.09. The summed E-state index contributed by atoms with van der Waals surface area (Å²) in [5, 5.41) is 10.7. The number of aliphatic hydroxyl groups is 1. The van der Waals surface area contributed by atoms with E-state index in [0.29, 0.717) is 36.6 Å². The summed E-state index contributed by atoms with van der Waals surface area (Å²) in [4.78, 5) is 48.9. The van der Waals surface area contributed by atoms with Gasteiger partial charge in [0.15, 0.2) is 0 Å². The van der Waals surface area contributed by atoms with E-state index in [0.717, 1.165) is 11.1 Å². The highest BCUT2D eigenvalue weighted by Gasteiger charge is 2.76. The van der Waals surface area contributed by atoms with Gasteiger partial charge >= 0.3 is 0 Å². The monoisotopic (exact) mass is 699 g/mol. The molecule has 5 rings (SSSR count). The molecule has 7 nitrogen and oxygen atoms in total. The van der Waals surface area contributed by atoms with Gasteiger partial charge in [-0.1, -0.05) is 89.1 Å². The summed E-state index contributed by atoms with van der Waals surface area (Å²) in [6.45, 7) is 12.2. The molecule has 1 N–H and O–H groups in total. The minimum atomic E-state index is -0.900. The molecule has 44 heavy (non-hydrogen) atoms. The molecule has 3 aliphatic rings. The van der Waals surface area contributed by atoms with Gasteiger partial charge in [-0.2, -0.15) is 0 Å². The van der Waals surface area contributed by atoms with Crippen LogP contribution in [0.2, 0.25) is 5.02 Å². The smallest absolute Gasteiger partial charge is 0.251 e. The van der Waals surface area contributed by atoms with Crippen molar-refractivity contribution in [2.45, 2.75) is 60.1 Å². The van der Waals surface area contributed by atoms with Crippen LogP contribution in [0.5, 0.6) is 0 Å². The molecule has 2 aromatic carbocycles. The minimum Gasteiger partial charge on any atom is -0.394 e. The third-order valence-electron chi connectivity index (χ3n) is 9.24. The maximum absolute atomic E-state index is 14.9. The van der Waals surface area contributed by atoms with E-state index in [1.54, 1.807) is 44.7 Å². The van der Waals surface area contributed by atoms with E-state index in [9.17, 15) is 19.5 Å². The van der Waals surface area contributed by atoms with Crippen LogP contribution in [0.25, 0.3) is 0 Å². The molecular formula is C34H39BrClN3O4S. The Morgan fingerprint density at radius 2 is 1.86 bits per heavy atom. The lowest BCUT2D eigenvalue weighted by atomic mass is 9.70. The second-order valence-electron chi connectivity index (χ2n) is 11.8. The number of fused-ring (bicyclic) bond motifs is 1. The SMILES string of the molecule is C=CCN(Cc1ccccc1)C(=O)[C@H]1[C@@H]2SC3(CC2Br)C(C(=O)N(CC=C)c2c(C)cccc2Cl)N([C@@H](CC)CO)C(=O)[C@H]13. The molecule has 3 heterocycles. The fourth-order valence-corrected chi connectivity index (χ4v) is 11.3. The quantitative estimate of drug-likeness (QED) is 0.230. The van der Waals surface area contributed by atoms with Gasteiger partial charge in [0.25, 0.3) is 5.91 Å². The Morgan fingerprint density at radius 3 is 2.48 bits per heavy atom. The number of halogens is 2. The number of likely N-dealkylation sites (tertiary alicyclic amines) is 1. The molecule has 0 saturated carbocycles. The highest BCUT2D eigenvalue weighted by atomic mass is 79.9. The number of alkyl halides is 1. The molecule has 7 atom stereocenters. The first-order chi connectivity index (χ1) is 21.1. The van der Waals surface area contributed by atoms with Crippen LogP contribution in [0.3, 0.4) is 0 Å². The number of aryl methyl sites for hydroxylation is 1. The molecule has 3 saturated heterocycles. The normalized spacial score (nSPS) is 27.6. The number of rotatable bonds is 12. The summed E-state index contributed by atoms with van der Waals surface area (Å²) < 4.78 is -0.864. The highest BCUT2D eigenvalue weighted by Crippen LogP contribution is 2.68. The number of thioether (sulfide) groups is 1. The van der Waals surface area contributed by atoms with Gasteiger partial charge in [0.1, 0.15) is 6.04 Å². The van der Waals surface area contributed by atoms with Gasteiger partial charge in [0.2, 0.25) is 11.8 Å². The summed E-state index contributed by atoms with van der Waals surface area (Å²) in [5.41, 5.74) is 2.38. The van der Waals surface area contributed by atoms with E-state index in [1.807, 2.05) is 56.3 Å². The Bertz CT molecular complexity index is 1420. The van der Waals surface area contributed by atoms with Crippen molar-refractivity contribution < 1.29 is 19.5 Å². The predicted octanol–water partition coefficient (Wildman–Crippen LogP) is 5.62. The van der Waals surface area contributed by atoms with Crippen LogP contribution in [0.15, 0.2) is 73.8 Å². The summed E-state index contributed by atoms with van der Waals surface area (Å²) >= 11 is 12.1. The van der Waals surface area contributed by atoms with Crippen LogP contribution in [0.4, 0.5) is 5.69 Å². The second-order valence-corrected chi connectivity index (χ2v) is 14.9. The van der Waals surface area contributed by atoms with Crippen LogP contribution in [-0.4, -0.2) is 79.2 Å². The molecule has 2 aromatic rings. The molecule has 0 radical (unpaired) electrons. The lowest BCUT2D eigenvalue weighted by Crippen LogP contribution is -2.58. The van der Waals surface area contributed by atoms with E-state index in [2.05, 4.69) is 29.1 Å². The van der Waals surface area contributed by atoms with Gasteiger partial charge in [-0.25, -0.2) is 0 Å². The molecule has 10 heteroatoms. The molecule has 1 spiro atoms. The number of nitrogens with zero attached hydrogens (tertiary/aromatic N) is 3. The van der Waals surface area contributed by atoms with Gasteiger partial charge in [-0.05, 0) is 37.0 Å². The maximum atomic E-state index is 14.9. The third kappa shape index (κ3) is 5.44. The molecule has 3 unspecified atom stereocenters. The topological polar surface area (TPSA) is 81.2 Å². The number of para-hydroxylation sites is 1. The summed E-state index contributed by atoms with van der Waals surface area (Å²) in [5.74, 6) is -2.00. The van der Waals surface area contributed by atoms with Crippen molar-refractivity contribution in [2.75, 3.05) is 24.6 Å². The van der Waals surface area contributed by atoms with E-state index < -0.39 is 28.7 Å². The van der Waals surface area contributed by atoms with E-state index in [-0.39, 0.29) is 41.0 Å². The first kappa shape index (κ1) is 32.8. The predicted molar refractivity (Wildman–Crippen MR) is 181 cm³/mol. The standard InChI is InChI=1S/C34H39BrClN3O4S/c1-5-16-37(19-22-13-9-8-10-14-22)31(41)26-27-32(42)39(23(7-3)20-40)30(34(27)18-24(35)29(26)44-34)33(43)38(17-6-2)28-21(4)12-11-15-25(28)36/h5-6,8-15,23-24,26-27,29-30,40H,1-2,7,16-20H2,3-4H3/t23-,24?,26+,27-,29+,30?,34?/m0/s1. The lowest BCUT2D eigenvalue weighted by molar-refractivity contribution is -0.145. The third-order valence-corrected chi connectivity index (χ3v) is 12.8. The van der Waals surface area contributed by atoms with Crippen molar-refractivity contribution in [3.05, 3.63) is 90.0 Å². The molecule has 3 fully saturated rings.